The lowest BCUT2D eigenvalue weighted by molar-refractivity contribution is 0.327. The number of hydrogen-bond donors (Lipinski definition) is 4. The summed E-state index contributed by atoms with van der Waals surface area (Å²) in [4.78, 5) is 17.5. The minimum atomic E-state index is -3.67. The van der Waals surface area contributed by atoms with Crippen LogP contribution in [0.5, 0.6) is 34.5 Å². The average Bonchev–Trinajstić information content (AvgIpc) is 2.99. The number of fused-ring (bicyclic) bond motifs is 2. The van der Waals surface area contributed by atoms with Crippen LogP contribution in [-0.2, 0) is 20.2 Å². The fourth-order valence-corrected chi connectivity index (χ4v) is 3.97. The maximum atomic E-state index is 9.19. The normalized spacial score (nSPS) is 10.9. The summed E-state index contributed by atoms with van der Waals surface area (Å²) in [5.74, 6) is 4.17. The van der Waals surface area contributed by atoms with Crippen molar-refractivity contribution in [3.63, 3.8) is 0 Å². The van der Waals surface area contributed by atoms with Crippen LogP contribution < -0.4 is 39.1 Å². The monoisotopic (exact) mass is 688 g/mol. The Morgan fingerprint density at radius 2 is 0.870 bits per heavy atom. The van der Waals surface area contributed by atoms with Crippen LogP contribution in [0.15, 0.2) is 24.8 Å². The van der Waals surface area contributed by atoms with Crippen molar-refractivity contribution in [1.29, 1.82) is 0 Å². The Labute approximate surface area is 265 Å². The molecule has 18 nitrogen and oxygen atoms in total. The minimum absolute atomic E-state index is 0.469. The van der Waals surface area contributed by atoms with Gasteiger partial charge in [-0.3, -0.25) is 9.11 Å². The van der Waals surface area contributed by atoms with Crippen molar-refractivity contribution in [1.82, 2.24) is 19.9 Å². The number of ether oxygens (including phenoxy) is 6. The van der Waals surface area contributed by atoms with Gasteiger partial charge in [0, 0.05) is 13.1 Å². The first-order chi connectivity index (χ1) is 21.6. The maximum Gasteiger partial charge on any atom is 0.261 e. The summed E-state index contributed by atoms with van der Waals surface area (Å²) in [6.45, 7) is 1.05. The van der Waals surface area contributed by atoms with Gasteiger partial charge in [-0.25, -0.2) is 19.9 Å². The summed E-state index contributed by atoms with van der Waals surface area (Å²) in [7, 11) is 2.01. The molecule has 4 aromatic rings. The quantitative estimate of drug-likeness (QED) is 0.130. The van der Waals surface area contributed by atoms with Crippen LogP contribution in [0.1, 0.15) is 0 Å². The van der Waals surface area contributed by atoms with E-state index in [2.05, 4.69) is 30.6 Å². The number of rotatable bonds is 11. The Hall–Kier alpha value is -4.66. The van der Waals surface area contributed by atoms with Crippen LogP contribution in [0.4, 0.5) is 11.6 Å². The van der Waals surface area contributed by atoms with Crippen LogP contribution in [-0.4, -0.2) is 114 Å². The van der Waals surface area contributed by atoms with Crippen LogP contribution >= 0.6 is 0 Å². The molecule has 2 heterocycles. The van der Waals surface area contributed by atoms with E-state index in [1.165, 1.54) is 12.7 Å². The molecule has 0 saturated heterocycles. The lowest BCUT2D eigenvalue weighted by atomic mass is 10.1. The lowest BCUT2D eigenvalue weighted by Crippen LogP contribution is -2.16. The van der Waals surface area contributed by atoms with Gasteiger partial charge in [0.05, 0.1) is 65.9 Å². The van der Waals surface area contributed by atoms with Crippen molar-refractivity contribution < 1.29 is 54.4 Å². The average molecular weight is 689 g/mol. The molecule has 4 rings (SSSR count). The molecule has 2 aromatic carbocycles. The molecule has 46 heavy (non-hydrogen) atoms. The molecule has 0 radical (unpaired) electrons. The molecule has 0 saturated carbocycles. The molecule has 20 heteroatoms. The second-order valence-corrected chi connectivity index (χ2v) is 11.8. The molecule has 0 aliphatic carbocycles. The summed E-state index contributed by atoms with van der Waals surface area (Å²) in [6.07, 6.45) is 4.37. The molecule has 0 amide bonds. The van der Waals surface area contributed by atoms with Gasteiger partial charge in [-0.15, -0.1) is 0 Å². The van der Waals surface area contributed by atoms with E-state index < -0.39 is 20.2 Å². The molecular weight excluding hydrogens is 652 g/mol. The van der Waals surface area contributed by atoms with Crippen molar-refractivity contribution in [3.05, 3.63) is 24.8 Å². The first-order valence-electron chi connectivity index (χ1n) is 12.8. The standard InChI is InChI=1S/C24H28N6O6.2CH4O3S/c1-31-15-9-13-17(21(35-5)19(15)33-3)27-11-29-23(13)25-7-8-26-24-14-10-16(32-2)20(34-4)22(36-6)18(14)28-12-30-24;2*1-5(2,3)4/h9-12H,7-8H2,1-6H3,(H,25,27,29)(H,26,28,30);2*1H3,(H,2,3,4). The van der Waals surface area contributed by atoms with Crippen molar-refractivity contribution in [2.75, 3.05) is 78.9 Å². The van der Waals surface area contributed by atoms with Crippen molar-refractivity contribution in [2.24, 2.45) is 0 Å². The Kier molecular flexibility index (Phi) is 13.5. The Morgan fingerprint density at radius 3 is 1.13 bits per heavy atom. The molecule has 4 N–H and O–H groups in total. The fraction of sp³-hybridized carbons (Fsp3) is 0.385. The molecule has 2 aromatic heterocycles. The van der Waals surface area contributed by atoms with Gasteiger partial charge in [0.2, 0.25) is 11.5 Å². The van der Waals surface area contributed by atoms with E-state index >= 15 is 0 Å². The van der Waals surface area contributed by atoms with E-state index in [4.69, 9.17) is 37.5 Å². The summed E-state index contributed by atoms with van der Waals surface area (Å²) in [5.41, 5.74) is 1.21. The van der Waals surface area contributed by atoms with Crippen LogP contribution in [0.2, 0.25) is 0 Å². The van der Waals surface area contributed by atoms with Crippen LogP contribution in [0, 0.1) is 0 Å². The van der Waals surface area contributed by atoms with Gasteiger partial charge in [-0.05, 0) is 12.1 Å². The fourth-order valence-electron chi connectivity index (χ4n) is 3.97. The van der Waals surface area contributed by atoms with Crippen LogP contribution in [0.25, 0.3) is 21.8 Å². The van der Waals surface area contributed by atoms with E-state index in [0.717, 1.165) is 10.8 Å². The molecule has 0 spiro atoms. The Bertz CT molecular complexity index is 1710. The predicted molar refractivity (Wildman–Crippen MR) is 170 cm³/mol. The largest absolute Gasteiger partial charge is 0.493 e. The number of anilines is 2. The number of benzene rings is 2. The van der Waals surface area contributed by atoms with Gasteiger partial charge in [0.25, 0.3) is 20.2 Å². The molecule has 254 valence electrons. The SMILES string of the molecule is COc1cc2c(NCCNc3ncnc4c(OC)c(OC)c(OC)cc34)ncnc2c(OC)c1OC.CS(=O)(=O)O.CS(=O)(=O)O. The zero-order valence-electron chi connectivity index (χ0n) is 26.3. The molecule has 0 aliphatic rings. The highest BCUT2D eigenvalue weighted by Gasteiger charge is 2.20. The molecule has 0 bridgehead atoms. The Balaban J connectivity index is 0.000000642. The zero-order chi connectivity index (χ0) is 34.7. The second kappa shape index (κ2) is 16.6. The summed E-state index contributed by atoms with van der Waals surface area (Å²) >= 11 is 0. The highest BCUT2D eigenvalue weighted by Crippen LogP contribution is 2.45. The van der Waals surface area contributed by atoms with E-state index in [0.29, 0.717) is 82.8 Å². The highest BCUT2D eigenvalue weighted by molar-refractivity contribution is 7.85. The molecule has 0 unspecified atom stereocenters. The van der Waals surface area contributed by atoms with Gasteiger partial charge in [0.1, 0.15) is 35.3 Å². The van der Waals surface area contributed by atoms with Gasteiger partial charge in [-0.1, -0.05) is 0 Å². The van der Waals surface area contributed by atoms with Gasteiger partial charge < -0.3 is 39.1 Å². The number of nitrogens with zero attached hydrogens (tertiary/aromatic N) is 4. The lowest BCUT2D eigenvalue weighted by Gasteiger charge is -2.17. The van der Waals surface area contributed by atoms with E-state index in [1.54, 1.807) is 42.7 Å². The molecular formula is C26H36N6O12S2. The second-order valence-electron chi connectivity index (χ2n) is 8.85. The number of hydrogen-bond acceptors (Lipinski definition) is 16. The first kappa shape index (κ1) is 37.5. The number of methoxy groups -OCH3 is 6. The van der Waals surface area contributed by atoms with E-state index in [-0.39, 0.29) is 0 Å². The van der Waals surface area contributed by atoms with Gasteiger partial charge in [-0.2, -0.15) is 16.8 Å². The highest BCUT2D eigenvalue weighted by atomic mass is 32.2. The molecule has 0 fully saturated rings. The Morgan fingerprint density at radius 1 is 0.565 bits per heavy atom. The summed E-state index contributed by atoms with van der Waals surface area (Å²) in [5, 5.41) is 8.14. The molecule has 0 aliphatic heterocycles. The predicted octanol–water partition coefficient (Wildman–Crippen LogP) is 2.16. The summed E-state index contributed by atoms with van der Waals surface area (Å²) < 4.78 is 84.7. The van der Waals surface area contributed by atoms with Gasteiger partial charge >= 0.3 is 0 Å². The zero-order valence-corrected chi connectivity index (χ0v) is 27.9. The maximum absolute atomic E-state index is 9.19. The smallest absolute Gasteiger partial charge is 0.261 e. The number of nitrogens with one attached hydrogen (secondary N) is 2. The third kappa shape index (κ3) is 10.5. The van der Waals surface area contributed by atoms with Crippen molar-refractivity contribution in [2.45, 2.75) is 0 Å². The topological polar surface area (TPSA) is 240 Å². The minimum Gasteiger partial charge on any atom is -0.493 e. The molecule has 0 atom stereocenters. The van der Waals surface area contributed by atoms with Crippen molar-refractivity contribution in [3.8, 4) is 34.5 Å². The van der Waals surface area contributed by atoms with Crippen molar-refractivity contribution >= 4 is 53.7 Å². The third-order valence-corrected chi connectivity index (χ3v) is 5.58. The van der Waals surface area contributed by atoms with Crippen LogP contribution in [0.3, 0.4) is 0 Å². The van der Waals surface area contributed by atoms with E-state index in [1.807, 2.05) is 12.1 Å². The summed E-state index contributed by atoms with van der Waals surface area (Å²) in [6, 6.07) is 3.63. The van der Waals surface area contributed by atoms with Gasteiger partial charge in [0.15, 0.2) is 23.0 Å². The van der Waals surface area contributed by atoms with E-state index in [9.17, 15) is 16.8 Å². The number of aromatic nitrogens is 4. The first-order valence-corrected chi connectivity index (χ1v) is 16.5. The third-order valence-electron chi connectivity index (χ3n) is 5.58.